The Balaban J connectivity index is 1.98. The van der Waals surface area contributed by atoms with Gasteiger partial charge in [0.1, 0.15) is 6.10 Å². The minimum Gasteiger partial charge on any atom is -0.390 e. The lowest BCUT2D eigenvalue weighted by Crippen LogP contribution is -2.26. The molecule has 1 aliphatic heterocycles. The minimum absolute atomic E-state index is 0.149. The van der Waals surface area contributed by atoms with Crippen molar-refractivity contribution in [2.45, 2.75) is 32.6 Å². The average molecular weight is 322 g/mol. The van der Waals surface area contributed by atoms with Gasteiger partial charge < -0.3 is 14.8 Å². The van der Waals surface area contributed by atoms with Crippen LogP contribution in [0.2, 0.25) is 0 Å². The molecule has 2 aromatic heterocycles. The van der Waals surface area contributed by atoms with Gasteiger partial charge in [-0.05, 0) is 37.6 Å². The first-order valence-corrected chi connectivity index (χ1v) is 7.97. The molecule has 1 aliphatic rings. The molecule has 0 radical (unpaired) electrons. The largest absolute Gasteiger partial charge is 0.390 e. The molecule has 0 aliphatic carbocycles. The fourth-order valence-corrected chi connectivity index (χ4v) is 3.36. The second kappa shape index (κ2) is 5.26. The Morgan fingerprint density at radius 1 is 1.21 bits per heavy atom. The van der Waals surface area contributed by atoms with Gasteiger partial charge >= 0.3 is 0 Å². The third-order valence-electron chi connectivity index (χ3n) is 4.73. The highest BCUT2D eigenvalue weighted by Gasteiger charge is 2.27. The lowest BCUT2D eigenvalue weighted by Gasteiger charge is -2.18. The number of aliphatic hydroxyl groups is 2. The fourth-order valence-electron chi connectivity index (χ4n) is 3.36. The van der Waals surface area contributed by atoms with Crippen molar-refractivity contribution in [3.63, 3.8) is 0 Å². The van der Waals surface area contributed by atoms with Crippen LogP contribution in [0.1, 0.15) is 29.7 Å². The Hall–Kier alpha value is -2.50. The highest BCUT2D eigenvalue weighted by molar-refractivity contribution is 5.83. The van der Waals surface area contributed by atoms with Crippen molar-refractivity contribution in [1.82, 2.24) is 9.55 Å². The summed E-state index contributed by atoms with van der Waals surface area (Å²) >= 11 is 0. The molecule has 0 bridgehead atoms. The summed E-state index contributed by atoms with van der Waals surface area (Å²) in [6.07, 6.45) is -2.04. The predicted molar refractivity (Wildman–Crippen MR) is 91.9 cm³/mol. The fraction of sp³-hybridized carbons (Fsp3) is 0.263. The lowest BCUT2D eigenvalue weighted by molar-refractivity contribution is 0.0300. The summed E-state index contributed by atoms with van der Waals surface area (Å²) in [5.41, 5.74) is 4.10. The molecule has 5 heteroatoms. The number of para-hydroxylation sites is 1. The maximum Gasteiger partial charge on any atom is 0.254 e. The summed E-state index contributed by atoms with van der Waals surface area (Å²) in [6.45, 7) is 3.67. The van der Waals surface area contributed by atoms with Gasteiger partial charge in [0.25, 0.3) is 5.56 Å². The van der Waals surface area contributed by atoms with Gasteiger partial charge in [0.05, 0.1) is 29.6 Å². The zero-order chi connectivity index (χ0) is 17.0. The average Bonchev–Trinajstić information content (AvgIpc) is 2.93. The number of rotatable bonds is 2. The molecule has 24 heavy (non-hydrogen) atoms. The Morgan fingerprint density at radius 3 is 2.71 bits per heavy atom. The second-order valence-electron chi connectivity index (χ2n) is 6.38. The Labute approximate surface area is 138 Å². The van der Waals surface area contributed by atoms with E-state index < -0.39 is 12.2 Å². The van der Waals surface area contributed by atoms with E-state index in [-0.39, 0.29) is 5.56 Å². The number of aliphatic hydroxyl groups excluding tert-OH is 2. The van der Waals surface area contributed by atoms with Crippen molar-refractivity contribution in [2.75, 3.05) is 0 Å². The van der Waals surface area contributed by atoms with Gasteiger partial charge in [-0.15, -0.1) is 0 Å². The van der Waals surface area contributed by atoms with Crippen LogP contribution >= 0.6 is 0 Å². The van der Waals surface area contributed by atoms with E-state index in [1.165, 1.54) is 6.92 Å². The number of hydrogen-bond donors (Lipinski definition) is 2. The van der Waals surface area contributed by atoms with Crippen LogP contribution < -0.4 is 5.56 Å². The van der Waals surface area contributed by atoms with E-state index in [0.29, 0.717) is 23.4 Å². The molecule has 4 rings (SSSR count). The molecule has 122 valence electrons. The number of fused-ring (bicyclic) bond motifs is 4. The topological polar surface area (TPSA) is 75.3 Å². The van der Waals surface area contributed by atoms with E-state index in [0.717, 1.165) is 22.2 Å². The van der Waals surface area contributed by atoms with Gasteiger partial charge in [-0.1, -0.05) is 18.2 Å². The molecule has 0 saturated heterocycles. The molecule has 3 aromatic rings. The molecule has 1 aromatic carbocycles. The maximum absolute atomic E-state index is 12.7. The van der Waals surface area contributed by atoms with Crippen molar-refractivity contribution in [2.24, 2.45) is 0 Å². The summed E-state index contributed by atoms with van der Waals surface area (Å²) in [7, 11) is 0. The number of hydrogen-bond acceptors (Lipinski definition) is 4. The van der Waals surface area contributed by atoms with Gasteiger partial charge in [-0.3, -0.25) is 4.79 Å². The van der Waals surface area contributed by atoms with Crippen molar-refractivity contribution in [3.8, 4) is 11.4 Å². The standard InChI is InChI=1S/C19H18N2O3/c1-10-14(18(23)11(2)22)8-16-17-13(9-21(16)19(10)24)7-12-5-3-4-6-15(12)20-17/h3-8,11,18,22-23H,9H2,1-2H3/t11-,18-/m0/s1. The molecular formula is C19H18N2O3. The van der Waals surface area contributed by atoms with E-state index in [4.69, 9.17) is 4.98 Å². The van der Waals surface area contributed by atoms with Gasteiger partial charge in [0.15, 0.2) is 0 Å². The zero-order valence-corrected chi connectivity index (χ0v) is 13.5. The van der Waals surface area contributed by atoms with Crippen molar-refractivity contribution < 1.29 is 10.2 Å². The minimum atomic E-state index is -1.09. The van der Waals surface area contributed by atoms with Gasteiger partial charge in [0.2, 0.25) is 0 Å². The quantitative estimate of drug-likeness (QED) is 0.593. The summed E-state index contributed by atoms with van der Waals surface area (Å²) in [6, 6.07) is 11.7. The van der Waals surface area contributed by atoms with E-state index >= 15 is 0 Å². The van der Waals surface area contributed by atoms with Crippen molar-refractivity contribution in [1.29, 1.82) is 0 Å². The van der Waals surface area contributed by atoms with Crippen LogP contribution in [0.4, 0.5) is 0 Å². The van der Waals surface area contributed by atoms with Gasteiger partial charge in [-0.2, -0.15) is 0 Å². The van der Waals surface area contributed by atoms with E-state index in [1.54, 1.807) is 17.6 Å². The number of benzene rings is 1. The molecule has 0 fully saturated rings. The molecule has 0 unspecified atom stereocenters. The zero-order valence-electron chi connectivity index (χ0n) is 13.5. The van der Waals surface area contributed by atoms with Crippen LogP contribution in [0.5, 0.6) is 0 Å². The summed E-state index contributed by atoms with van der Waals surface area (Å²) in [5.74, 6) is 0. The van der Waals surface area contributed by atoms with Crippen LogP contribution in [0.3, 0.4) is 0 Å². The van der Waals surface area contributed by atoms with Crippen molar-refractivity contribution >= 4 is 10.9 Å². The first-order valence-electron chi connectivity index (χ1n) is 7.97. The second-order valence-corrected chi connectivity index (χ2v) is 6.38. The summed E-state index contributed by atoms with van der Waals surface area (Å²) in [5, 5.41) is 21.0. The van der Waals surface area contributed by atoms with Crippen LogP contribution in [-0.4, -0.2) is 25.9 Å². The maximum atomic E-state index is 12.7. The molecule has 0 amide bonds. The summed E-state index contributed by atoms with van der Waals surface area (Å²) < 4.78 is 1.68. The Morgan fingerprint density at radius 2 is 1.96 bits per heavy atom. The highest BCUT2D eigenvalue weighted by Crippen LogP contribution is 2.33. The van der Waals surface area contributed by atoms with Gasteiger partial charge in [-0.25, -0.2) is 4.98 Å². The Kier molecular flexibility index (Phi) is 3.30. The monoisotopic (exact) mass is 322 g/mol. The van der Waals surface area contributed by atoms with Gasteiger partial charge in [0, 0.05) is 16.5 Å². The first kappa shape index (κ1) is 15.1. The van der Waals surface area contributed by atoms with Crippen LogP contribution in [-0.2, 0) is 6.54 Å². The van der Waals surface area contributed by atoms with Crippen molar-refractivity contribution in [3.05, 3.63) is 63.4 Å². The third-order valence-corrected chi connectivity index (χ3v) is 4.73. The molecule has 0 spiro atoms. The molecule has 2 atom stereocenters. The number of aromatic nitrogens is 2. The molecule has 3 heterocycles. The number of nitrogens with zero attached hydrogens (tertiary/aromatic N) is 2. The van der Waals surface area contributed by atoms with E-state index in [1.807, 2.05) is 24.3 Å². The van der Waals surface area contributed by atoms with Crippen LogP contribution in [0, 0.1) is 6.92 Å². The SMILES string of the molecule is Cc1c([C@@H](O)[C@H](C)O)cc2n(c1=O)Cc1cc3ccccc3nc1-2. The number of pyridine rings is 2. The normalized spacial score (nSPS) is 15.2. The molecular weight excluding hydrogens is 304 g/mol. The highest BCUT2D eigenvalue weighted by atomic mass is 16.3. The van der Waals surface area contributed by atoms with Crippen LogP contribution in [0.25, 0.3) is 22.3 Å². The molecule has 5 nitrogen and oxygen atoms in total. The third kappa shape index (κ3) is 2.09. The van der Waals surface area contributed by atoms with E-state index in [9.17, 15) is 15.0 Å². The molecule has 0 saturated carbocycles. The molecule has 2 N–H and O–H groups in total. The smallest absolute Gasteiger partial charge is 0.254 e. The predicted octanol–water partition coefficient (Wildman–Crippen LogP) is 2.15. The Bertz CT molecular complexity index is 1020. The summed E-state index contributed by atoms with van der Waals surface area (Å²) in [4.78, 5) is 17.4. The lowest BCUT2D eigenvalue weighted by atomic mass is 10.00. The first-order chi connectivity index (χ1) is 11.5. The van der Waals surface area contributed by atoms with Crippen LogP contribution in [0.15, 0.2) is 41.2 Å². The van der Waals surface area contributed by atoms with E-state index in [2.05, 4.69) is 6.07 Å².